The van der Waals surface area contributed by atoms with Gasteiger partial charge in [-0.2, -0.15) is 0 Å². The molecule has 2 aliphatic rings. The standard InChI is InChI=1S/C18H30N6O3S/c1-12-6-8-23(9-7-12)17-21-22-18(24(17)11-14-5-4-10-27-14)28-13(2)15(25)20-16(26)19-3/h12-14H,4-11H2,1-3H3,(H2,19,20,25,26). The minimum atomic E-state index is -0.513. The summed E-state index contributed by atoms with van der Waals surface area (Å²) < 4.78 is 7.91. The number of carbonyl (C=O) groups is 2. The largest absolute Gasteiger partial charge is 0.376 e. The van der Waals surface area contributed by atoms with Crippen LogP contribution in [0.5, 0.6) is 0 Å². The van der Waals surface area contributed by atoms with Gasteiger partial charge in [0, 0.05) is 26.7 Å². The van der Waals surface area contributed by atoms with Crippen LogP contribution in [0.1, 0.15) is 39.5 Å². The van der Waals surface area contributed by atoms with E-state index in [9.17, 15) is 9.59 Å². The highest BCUT2D eigenvalue weighted by molar-refractivity contribution is 8.00. The van der Waals surface area contributed by atoms with Gasteiger partial charge in [0.25, 0.3) is 0 Å². The number of urea groups is 1. The number of anilines is 1. The van der Waals surface area contributed by atoms with Crippen molar-refractivity contribution in [3.05, 3.63) is 0 Å². The number of carbonyl (C=O) groups excluding carboxylic acids is 2. The maximum absolute atomic E-state index is 12.2. The zero-order valence-corrected chi connectivity index (χ0v) is 17.6. The van der Waals surface area contributed by atoms with E-state index < -0.39 is 11.3 Å². The highest BCUT2D eigenvalue weighted by Crippen LogP contribution is 2.29. The summed E-state index contributed by atoms with van der Waals surface area (Å²) in [5.74, 6) is 1.22. The van der Waals surface area contributed by atoms with Crippen molar-refractivity contribution in [1.82, 2.24) is 25.4 Å². The second kappa shape index (κ2) is 9.60. The first-order valence-corrected chi connectivity index (χ1v) is 10.8. The van der Waals surface area contributed by atoms with Gasteiger partial charge in [-0.25, -0.2) is 4.79 Å². The van der Waals surface area contributed by atoms with Crippen molar-refractivity contribution < 1.29 is 14.3 Å². The van der Waals surface area contributed by atoms with E-state index in [1.807, 2.05) is 0 Å². The van der Waals surface area contributed by atoms with Crippen LogP contribution in [0.15, 0.2) is 5.16 Å². The Bertz CT molecular complexity index is 683. The fourth-order valence-corrected chi connectivity index (χ4v) is 4.30. The molecule has 0 aliphatic carbocycles. The van der Waals surface area contributed by atoms with E-state index in [1.165, 1.54) is 18.8 Å². The lowest BCUT2D eigenvalue weighted by Gasteiger charge is -2.31. The second-order valence-electron chi connectivity index (χ2n) is 7.53. The van der Waals surface area contributed by atoms with Crippen LogP contribution in [0.25, 0.3) is 0 Å². The zero-order valence-electron chi connectivity index (χ0n) is 16.8. The van der Waals surface area contributed by atoms with Crippen LogP contribution in [0, 0.1) is 5.92 Å². The molecule has 28 heavy (non-hydrogen) atoms. The Labute approximate surface area is 170 Å². The number of thioether (sulfide) groups is 1. The minimum Gasteiger partial charge on any atom is -0.376 e. The van der Waals surface area contributed by atoms with Gasteiger partial charge in [-0.15, -0.1) is 10.2 Å². The topological polar surface area (TPSA) is 101 Å². The average Bonchev–Trinajstić information content (AvgIpc) is 3.33. The molecule has 2 atom stereocenters. The summed E-state index contributed by atoms with van der Waals surface area (Å²) >= 11 is 1.31. The van der Waals surface area contributed by atoms with E-state index in [-0.39, 0.29) is 12.0 Å². The number of aromatic nitrogens is 3. The average molecular weight is 411 g/mol. The van der Waals surface area contributed by atoms with Crippen LogP contribution in [-0.2, 0) is 16.1 Å². The Morgan fingerprint density at radius 2 is 2.04 bits per heavy atom. The number of imide groups is 1. The fraction of sp³-hybridized carbons (Fsp3) is 0.778. The number of rotatable bonds is 6. The Balaban J connectivity index is 1.75. The molecule has 2 unspecified atom stereocenters. The van der Waals surface area contributed by atoms with E-state index in [0.717, 1.165) is 57.2 Å². The third-order valence-electron chi connectivity index (χ3n) is 5.29. The maximum Gasteiger partial charge on any atom is 0.321 e. The Kier molecular flexibility index (Phi) is 7.17. The lowest BCUT2D eigenvalue weighted by atomic mass is 10.00. The molecule has 1 aromatic heterocycles. The molecule has 0 aromatic carbocycles. The second-order valence-corrected chi connectivity index (χ2v) is 8.83. The first-order chi connectivity index (χ1) is 13.5. The number of nitrogens with zero attached hydrogens (tertiary/aromatic N) is 4. The van der Waals surface area contributed by atoms with Gasteiger partial charge in [-0.05, 0) is 38.5 Å². The molecule has 0 radical (unpaired) electrons. The van der Waals surface area contributed by atoms with Crippen molar-refractivity contribution in [3.63, 3.8) is 0 Å². The molecular formula is C18H30N6O3S. The summed E-state index contributed by atoms with van der Waals surface area (Å²) in [6.07, 6.45) is 4.51. The Morgan fingerprint density at radius 1 is 1.29 bits per heavy atom. The maximum atomic E-state index is 12.2. The molecule has 2 saturated heterocycles. The molecule has 0 bridgehead atoms. The van der Waals surface area contributed by atoms with Crippen LogP contribution in [0.2, 0.25) is 0 Å². The van der Waals surface area contributed by atoms with Gasteiger partial charge < -0.3 is 15.0 Å². The van der Waals surface area contributed by atoms with Gasteiger partial charge in [0.05, 0.1) is 17.9 Å². The normalized spacial score (nSPS) is 21.5. The van der Waals surface area contributed by atoms with Crippen LogP contribution >= 0.6 is 11.8 Å². The molecule has 0 spiro atoms. The first-order valence-electron chi connectivity index (χ1n) is 9.97. The molecule has 3 heterocycles. The predicted molar refractivity (Wildman–Crippen MR) is 108 cm³/mol. The molecule has 0 saturated carbocycles. The first kappa shape index (κ1) is 20.9. The molecule has 1 aromatic rings. The van der Waals surface area contributed by atoms with Gasteiger partial charge in [-0.3, -0.25) is 14.7 Å². The van der Waals surface area contributed by atoms with Gasteiger partial charge in [0.15, 0.2) is 5.16 Å². The smallest absolute Gasteiger partial charge is 0.321 e. The highest BCUT2D eigenvalue weighted by atomic mass is 32.2. The third-order valence-corrected chi connectivity index (χ3v) is 6.37. The SMILES string of the molecule is CNC(=O)NC(=O)C(C)Sc1nnc(N2CCC(C)CC2)n1CC1CCCO1. The molecule has 2 fully saturated rings. The molecule has 10 heteroatoms. The molecule has 3 rings (SSSR count). The number of nitrogens with one attached hydrogen (secondary N) is 2. The van der Waals surface area contributed by atoms with Crippen molar-refractivity contribution in [2.24, 2.45) is 5.92 Å². The van der Waals surface area contributed by atoms with E-state index in [0.29, 0.717) is 11.7 Å². The van der Waals surface area contributed by atoms with E-state index >= 15 is 0 Å². The van der Waals surface area contributed by atoms with Gasteiger partial charge in [-0.1, -0.05) is 18.7 Å². The number of piperidine rings is 1. The van der Waals surface area contributed by atoms with E-state index in [2.05, 4.69) is 37.2 Å². The molecule has 2 aliphatic heterocycles. The monoisotopic (exact) mass is 410 g/mol. The highest BCUT2D eigenvalue weighted by Gasteiger charge is 2.28. The summed E-state index contributed by atoms with van der Waals surface area (Å²) in [6.45, 7) is 7.43. The number of amides is 3. The molecule has 3 amide bonds. The van der Waals surface area contributed by atoms with Crippen molar-refractivity contribution in [2.75, 3.05) is 31.6 Å². The van der Waals surface area contributed by atoms with Crippen LogP contribution in [0.3, 0.4) is 0 Å². The fourth-order valence-electron chi connectivity index (χ4n) is 3.45. The van der Waals surface area contributed by atoms with E-state index in [4.69, 9.17) is 4.74 Å². The Morgan fingerprint density at radius 3 is 2.68 bits per heavy atom. The number of ether oxygens (including phenoxy) is 1. The quantitative estimate of drug-likeness (QED) is 0.687. The van der Waals surface area contributed by atoms with Crippen molar-refractivity contribution >= 4 is 29.6 Å². The van der Waals surface area contributed by atoms with Gasteiger partial charge >= 0.3 is 6.03 Å². The summed E-state index contributed by atoms with van der Waals surface area (Å²) in [6, 6.07) is -0.513. The Hall–Kier alpha value is -1.81. The van der Waals surface area contributed by atoms with Crippen LogP contribution in [-0.4, -0.2) is 64.8 Å². The predicted octanol–water partition coefficient (Wildman–Crippen LogP) is 1.63. The zero-order chi connectivity index (χ0) is 20.1. The van der Waals surface area contributed by atoms with Crippen molar-refractivity contribution in [3.8, 4) is 0 Å². The summed E-state index contributed by atoms with van der Waals surface area (Å²) in [5.41, 5.74) is 0. The molecular weight excluding hydrogens is 380 g/mol. The van der Waals surface area contributed by atoms with Crippen LogP contribution in [0.4, 0.5) is 10.7 Å². The van der Waals surface area contributed by atoms with Crippen molar-refractivity contribution in [1.29, 1.82) is 0 Å². The van der Waals surface area contributed by atoms with Gasteiger partial charge in [0.1, 0.15) is 0 Å². The van der Waals surface area contributed by atoms with E-state index in [1.54, 1.807) is 6.92 Å². The molecule has 2 N–H and O–H groups in total. The number of hydrogen-bond acceptors (Lipinski definition) is 7. The van der Waals surface area contributed by atoms with Gasteiger partial charge in [0.2, 0.25) is 11.9 Å². The number of hydrogen-bond donors (Lipinski definition) is 2. The van der Waals surface area contributed by atoms with Crippen LogP contribution < -0.4 is 15.5 Å². The molecule has 9 nitrogen and oxygen atoms in total. The molecule has 156 valence electrons. The summed E-state index contributed by atoms with van der Waals surface area (Å²) in [4.78, 5) is 25.9. The lowest BCUT2D eigenvalue weighted by molar-refractivity contribution is -0.119. The van der Waals surface area contributed by atoms with Crippen molar-refractivity contribution in [2.45, 2.75) is 62.6 Å². The lowest BCUT2D eigenvalue weighted by Crippen LogP contribution is -2.41. The summed E-state index contributed by atoms with van der Waals surface area (Å²) in [5, 5.41) is 13.7. The third kappa shape index (κ3) is 5.16. The minimum absolute atomic E-state index is 0.146. The summed E-state index contributed by atoms with van der Waals surface area (Å²) in [7, 11) is 1.48.